The van der Waals surface area contributed by atoms with Gasteiger partial charge in [-0.05, 0) is 54.3 Å². The van der Waals surface area contributed by atoms with Crippen molar-refractivity contribution in [3.8, 4) is 22.3 Å². The molecular formula is C30H26N2O5S2. The molecule has 3 aromatic carbocycles. The molecule has 1 unspecified atom stereocenters. The highest BCUT2D eigenvalue weighted by molar-refractivity contribution is 8.24. The molecule has 0 spiro atoms. The second-order valence-corrected chi connectivity index (χ2v) is 10.9. The van der Waals surface area contributed by atoms with Crippen molar-refractivity contribution in [2.75, 3.05) is 24.5 Å². The van der Waals surface area contributed by atoms with Crippen LogP contribution in [0.25, 0.3) is 33.2 Å². The molecule has 9 heteroatoms. The molecule has 2 heterocycles. The summed E-state index contributed by atoms with van der Waals surface area (Å²) < 4.78 is 5.96. The number of benzene rings is 3. The molecule has 1 atom stereocenters. The van der Waals surface area contributed by atoms with E-state index >= 15 is 0 Å². The summed E-state index contributed by atoms with van der Waals surface area (Å²) in [6, 6.07) is 23.0. The van der Waals surface area contributed by atoms with E-state index in [1.54, 1.807) is 0 Å². The first-order valence-electron chi connectivity index (χ1n) is 12.6. The summed E-state index contributed by atoms with van der Waals surface area (Å²) in [7, 11) is 0. The van der Waals surface area contributed by atoms with Gasteiger partial charge in [0.1, 0.15) is 21.7 Å². The van der Waals surface area contributed by atoms with E-state index in [1.165, 1.54) is 11.8 Å². The number of carboxylic acid groups (broad SMARTS) is 1. The van der Waals surface area contributed by atoms with E-state index in [9.17, 15) is 14.4 Å². The fourth-order valence-electron chi connectivity index (χ4n) is 4.71. The van der Waals surface area contributed by atoms with Crippen molar-refractivity contribution in [3.63, 3.8) is 0 Å². The van der Waals surface area contributed by atoms with Gasteiger partial charge in [0, 0.05) is 30.2 Å². The minimum Gasteiger partial charge on any atom is -0.480 e. The van der Waals surface area contributed by atoms with Gasteiger partial charge in [-0.25, -0.2) is 4.79 Å². The largest absolute Gasteiger partial charge is 0.480 e. The zero-order valence-corrected chi connectivity index (χ0v) is 23.1. The number of thiocarbonyl (C=S) groups is 1. The Labute approximate surface area is 235 Å². The highest BCUT2D eigenvalue weighted by atomic mass is 32.2. The molecule has 1 aliphatic rings. The topological polar surface area (TPSA) is 91.1 Å². The minimum atomic E-state index is -1.10. The molecule has 1 amide bonds. The normalized spacial score (nSPS) is 15.2. The van der Waals surface area contributed by atoms with Crippen LogP contribution in [-0.4, -0.2) is 45.8 Å². The van der Waals surface area contributed by atoms with Gasteiger partial charge in [0.25, 0.3) is 0 Å². The maximum Gasteiger partial charge on any atom is 0.344 e. The van der Waals surface area contributed by atoms with Crippen molar-refractivity contribution in [2.24, 2.45) is 0 Å². The van der Waals surface area contributed by atoms with Crippen molar-refractivity contribution in [1.29, 1.82) is 0 Å². The van der Waals surface area contributed by atoms with Crippen molar-refractivity contribution < 1.29 is 19.1 Å². The first kappa shape index (κ1) is 26.6. The standard InChI is InChI=1S/C30H26N2O5S2/c1-3-31(4-2)23-14-13-22-15-24(29(36)37-25(22)16-23)20-9-5-18(6-10-20)19-7-11-21(12-8-19)27-28(35)32(17-26(33)34)30(38)39-27/h5-16,27H,3-4,17H2,1-2H3,(H,33,34). The van der Waals surface area contributed by atoms with Gasteiger partial charge in [0.15, 0.2) is 0 Å². The molecule has 1 aromatic heterocycles. The first-order chi connectivity index (χ1) is 18.8. The molecule has 198 valence electrons. The summed E-state index contributed by atoms with van der Waals surface area (Å²) in [4.78, 5) is 39.9. The number of hydrogen-bond acceptors (Lipinski definition) is 7. The van der Waals surface area contributed by atoms with Crippen LogP contribution in [0.1, 0.15) is 24.7 Å². The van der Waals surface area contributed by atoms with Crippen LogP contribution < -0.4 is 10.5 Å². The number of thioether (sulfide) groups is 1. The maximum atomic E-state index is 12.8. The van der Waals surface area contributed by atoms with Crippen molar-refractivity contribution >= 4 is 56.8 Å². The maximum absolute atomic E-state index is 12.8. The molecule has 39 heavy (non-hydrogen) atoms. The highest BCUT2D eigenvalue weighted by Crippen LogP contribution is 2.40. The second-order valence-electron chi connectivity index (χ2n) is 9.12. The number of carboxylic acids is 1. The molecule has 4 aromatic rings. The summed E-state index contributed by atoms with van der Waals surface area (Å²) >= 11 is 6.39. The second kappa shape index (κ2) is 11.0. The smallest absolute Gasteiger partial charge is 0.344 e. The molecule has 1 N–H and O–H groups in total. The number of aliphatic carboxylic acids is 1. The SMILES string of the molecule is CCN(CC)c1ccc2cc(-c3ccc(-c4ccc(C5SC(=S)N(CC(=O)O)C5=O)cc4)cc3)c(=O)oc2c1. The molecule has 1 saturated heterocycles. The predicted octanol–water partition coefficient (Wildman–Crippen LogP) is 5.96. The number of rotatable bonds is 8. The third-order valence-electron chi connectivity index (χ3n) is 6.81. The third-order valence-corrected chi connectivity index (χ3v) is 8.45. The van der Waals surface area contributed by atoms with Crippen molar-refractivity contribution in [1.82, 2.24) is 4.90 Å². The van der Waals surface area contributed by atoms with Gasteiger partial charge >= 0.3 is 11.6 Å². The van der Waals surface area contributed by atoms with E-state index in [0.29, 0.717) is 11.1 Å². The Morgan fingerprint density at radius 3 is 2.18 bits per heavy atom. The summed E-state index contributed by atoms with van der Waals surface area (Å²) in [5.41, 5.74) is 5.12. The number of carbonyl (C=O) groups excluding carboxylic acids is 1. The first-order valence-corrected chi connectivity index (χ1v) is 13.8. The average molecular weight is 559 g/mol. The van der Waals surface area contributed by atoms with E-state index in [0.717, 1.165) is 51.3 Å². The lowest BCUT2D eigenvalue weighted by molar-refractivity contribution is -0.141. The van der Waals surface area contributed by atoms with Gasteiger partial charge in [0.2, 0.25) is 5.91 Å². The van der Waals surface area contributed by atoms with Gasteiger partial charge in [0.05, 0.1) is 5.56 Å². The van der Waals surface area contributed by atoms with Crippen LogP contribution in [0.2, 0.25) is 0 Å². The molecule has 1 aliphatic heterocycles. The fraction of sp³-hybridized carbons (Fsp3) is 0.200. The van der Waals surface area contributed by atoms with Crippen LogP contribution in [0.3, 0.4) is 0 Å². The zero-order valence-electron chi connectivity index (χ0n) is 21.4. The molecule has 0 saturated carbocycles. The van der Waals surface area contributed by atoms with Crippen molar-refractivity contribution in [2.45, 2.75) is 19.1 Å². The van der Waals surface area contributed by atoms with Crippen LogP contribution in [-0.2, 0) is 9.59 Å². The molecule has 0 bridgehead atoms. The van der Waals surface area contributed by atoms with E-state index in [2.05, 4.69) is 18.7 Å². The Bertz CT molecular complexity index is 1630. The molecule has 1 fully saturated rings. The molecule has 0 radical (unpaired) electrons. The Balaban J connectivity index is 1.36. The van der Waals surface area contributed by atoms with Gasteiger partial charge < -0.3 is 14.4 Å². The minimum absolute atomic E-state index is 0.273. The van der Waals surface area contributed by atoms with Crippen LogP contribution in [0.4, 0.5) is 5.69 Å². The summed E-state index contributed by atoms with van der Waals surface area (Å²) in [6.45, 7) is 5.49. The van der Waals surface area contributed by atoms with Crippen LogP contribution in [0.5, 0.6) is 0 Å². The molecular weight excluding hydrogens is 532 g/mol. The van der Waals surface area contributed by atoms with Crippen LogP contribution in [0.15, 0.2) is 82.0 Å². The molecule has 5 rings (SSSR count). The summed E-state index contributed by atoms with van der Waals surface area (Å²) in [5, 5.41) is 9.35. The summed E-state index contributed by atoms with van der Waals surface area (Å²) in [6.07, 6.45) is 0. The van der Waals surface area contributed by atoms with E-state index < -0.39 is 17.8 Å². The number of anilines is 1. The van der Waals surface area contributed by atoms with Crippen LogP contribution in [0, 0.1) is 0 Å². The van der Waals surface area contributed by atoms with E-state index in [1.807, 2.05) is 72.8 Å². The average Bonchev–Trinajstić information content (AvgIpc) is 3.21. The fourth-order valence-corrected chi connectivity index (χ4v) is 6.16. The monoisotopic (exact) mass is 558 g/mol. The lowest BCUT2D eigenvalue weighted by Crippen LogP contribution is -2.34. The highest BCUT2D eigenvalue weighted by Gasteiger charge is 2.38. The molecule has 7 nitrogen and oxygen atoms in total. The Morgan fingerprint density at radius 1 is 0.949 bits per heavy atom. The lowest BCUT2D eigenvalue weighted by Gasteiger charge is -2.21. The van der Waals surface area contributed by atoms with Gasteiger partial charge in [-0.15, -0.1) is 0 Å². The zero-order chi connectivity index (χ0) is 27.7. The quantitative estimate of drug-likeness (QED) is 0.209. The number of carbonyl (C=O) groups is 2. The summed E-state index contributed by atoms with van der Waals surface area (Å²) in [5.74, 6) is -1.42. The Morgan fingerprint density at radius 2 is 1.56 bits per heavy atom. The van der Waals surface area contributed by atoms with Gasteiger partial charge in [-0.3, -0.25) is 14.5 Å². The van der Waals surface area contributed by atoms with Gasteiger partial charge in [-0.2, -0.15) is 0 Å². The van der Waals surface area contributed by atoms with E-state index in [-0.39, 0.29) is 15.9 Å². The van der Waals surface area contributed by atoms with E-state index in [4.69, 9.17) is 21.7 Å². The third kappa shape index (κ3) is 5.32. The van der Waals surface area contributed by atoms with Crippen molar-refractivity contribution in [3.05, 3.63) is 88.8 Å². The molecule has 0 aliphatic carbocycles. The number of hydrogen-bond donors (Lipinski definition) is 1. The number of fused-ring (bicyclic) bond motifs is 1. The number of nitrogens with zero attached hydrogens (tertiary/aromatic N) is 2. The Kier molecular flexibility index (Phi) is 7.54. The van der Waals surface area contributed by atoms with Crippen LogP contribution >= 0.6 is 24.0 Å². The number of amides is 1. The Hall–Kier alpha value is -3.95. The lowest BCUT2D eigenvalue weighted by atomic mass is 9.99. The van der Waals surface area contributed by atoms with Gasteiger partial charge in [-0.1, -0.05) is 72.5 Å². The predicted molar refractivity (Wildman–Crippen MR) is 159 cm³/mol.